The molecule has 0 unspecified atom stereocenters. The number of fused-ring (bicyclic) bond motifs is 1. The molecule has 0 saturated carbocycles. The van der Waals surface area contributed by atoms with Crippen molar-refractivity contribution < 1.29 is 19.2 Å². The van der Waals surface area contributed by atoms with Crippen LogP contribution in [0.5, 0.6) is 5.75 Å². The molecule has 3 heterocycles. The van der Waals surface area contributed by atoms with Crippen molar-refractivity contribution in [1.82, 2.24) is 19.7 Å². The van der Waals surface area contributed by atoms with E-state index in [4.69, 9.17) is 44.3 Å². The molecule has 256 valence electrons. The van der Waals surface area contributed by atoms with Gasteiger partial charge in [0.05, 0.1) is 43.9 Å². The van der Waals surface area contributed by atoms with Gasteiger partial charge < -0.3 is 9.47 Å². The van der Waals surface area contributed by atoms with Crippen molar-refractivity contribution >= 4 is 75.6 Å². The van der Waals surface area contributed by atoms with Crippen molar-refractivity contribution in [1.29, 1.82) is 0 Å². The number of thiazole rings is 1. The highest BCUT2D eigenvalue weighted by atomic mass is 35.5. The second-order valence-electron chi connectivity index (χ2n) is 11.1. The molecule has 5 aromatic rings. The Bertz CT molecular complexity index is 2400. The smallest absolute Gasteiger partial charge is 0.338 e. The highest BCUT2D eigenvalue weighted by Gasteiger charge is 2.35. The Morgan fingerprint density at radius 2 is 1.86 bits per heavy atom. The largest absolute Gasteiger partial charge is 0.496 e. The number of nitro groups is 1. The molecule has 0 bridgehead atoms. The van der Waals surface area contributed by atoms with Gasteiger partial charge in [0.25, 0.3) is 11.2 Å². The van der Waals surface area contributed by atoms with Gasteiger partial charge in [-0.15, -0.1) is 5.10 Å². The number of hydrogen-bond acceptors (Lipinski definition) is 11. The Labute approximate surface area is 307 Å². The van der Waals surface area contributed by atoms with E-state index in [9.17, 15) is 19.7 Å². The minimum atomic E-state index is -0.976. The van der Waals surface area contributed by atoms with E-state index in [1.807, 2.05) is 0 Å². The molecule has 1 atom stereocenters. The topological polar surface area (TPSA) is 155 Å². The van der Waals surface area contributed by atoms with E-state index in [0.29, 0.717) is 53.8 Å². The summed E-state index contributed by atoms with van der Waals surface area (Å²) >= 11 is 20.7. The normalized spacial score (nSPS) is 14.5. The third-order valence-electron chi connectivity index (χ3n) is 7.40. The van der Waals surface area contributed by atoms with Gasteiger partial charge in [-0.1, -0.05) is 52.2 Å². The first kappa shape index (κ1) is 35.4. The highest BCUT2D eigenvalue weighted by Crippen LogP contribution is 2.38. The van der Waals surface area contributed by atoms with E-state index in [1.165, 1.54) is 23.8 Å². The van der Waals surface area contributed by atoms with Crippen LogP contribution in [0.15, 0.2) is 85.7 Å². The number of halogens is 3. The van der Waals surface area contributed by atoms with E-state index < -0.39 is 28.6 Å². The molecule has 0 saturated heterocycles. The fourth-order valence-corrected chi connectivity index (χ4v) is 7.79. The molecule has 0 fully saturated rings. The number of methoxy groups -OCH3 is 1. The van der Waals surface area contributed by atoms with Gasteiger partial charge in [-0.25, -0.2) is 14.8 Å². The Balaban J connectivity index is 1.41. The van der Waals surface area contributed by atoms with Crippen molar-refractivity contribution in [2.45, 2.75) is 43.0 Å². The predicted molar refractivity (Wildman–Crippen MR) is 192 cm³/mol. The first-order valence-electron chi connectivity index (χ1n) is 14.8. The molecule has 2 aromatic heterocycles. The van der Waals surface area contributed by atoms with Crippen LogP contribution in [0.25, 0.3) is 17.5 Å². The zero-order valence-corrected chi connectivity index (χ0v) is 30.5. The summed E-state index contributed by atoms with van der Waals surface area (Å²) in [5.74, 6) is 0.131. The number of hydrogen-bond donors (Lipinski definition) is 1. The number of carbonyl (C=O) groups excluding carboxylic acids is 1. The summed E-state index contributed by atoms with van der Waals surface area (Å²) in [4.78, 5) is 48.9. The number of nitrogens with one attached hydrogen (secondary N) is 1. The Morgan fingerprint density at radius 1 is 1.12 bits per heavy atom. The van der Waals surface area contributed by atoms with Gasteiger partial charge in [-0.2, -0.15) is 0 Å². The summed E-state index contributed by atoms with van der Waals surface area (Å²) < 4.78 is 12.8. The number of aromatic nitrogens is 4. The number of esters is 1. The quantitative estimate of drug-likeness (QED) is 0.0948. The Hall–Kier alpha value is -4.47. The summed E-state index contributed by atoms with van der Waals surface area (Å²) in [6, 6.07) is 13.4. The maximum atomic E-state index is 14.1. The van der Waals surface area contributed by atoms with Gasteiger partial charge in [0.1, 0.15) is 11.8 Å². The molecule has 17 heteroatoms. The third-order valence-corrected chi connectivity index (χ3v) is 10.1. The Morgan fingerprint density at radius 3 is 2.56 bits per heavy atom. The minimum Gasteiger partial charge on any atom is -0.496 e. The van der Waals surface area contributed by atoms with E-state index in [2.05, 4.69) is 20.2 Å². The highest BCUT2D eigenvalue weighted by molar-refractivity contribution is 7.99. The molecule has 0 amide bonds. The molecule has 1 N–H and O–H groups in total. The molecule has 3 aromatic carbocycles. The van der Waals surface area contributed by atoms with Crippen LogP contribution in [0.4, 0.5) is 5.69 Å². The first-order valence-corrected chi connectivity index (χ1v) is 17.5. The van der Waals surface area contributed by atoms with E-state index >= 15 is 0 Å². The van der Waals surface area contributed by atoms with E-state index in [-0.39, 0.29) is 25.8 Å². The summed E-state index contributed by atoms with van der Waals surface area (Å²) in [6.45, 7) is 5.11. The Kier molecular flexibility index (Phi) is 10.2. The third kappa shape index (κ3) is 7.07. The lowest BCUT2D eigenvalue weighted by atomic mass is 9.95. The number of allylic oxidation sites excluding steroid dienone is 1. The molecule has 0 spiro atoms. The molecule has 1 aliphatic rings. The first-order chi connectivity index (χ1) is 23.8. The standard InChI is InChI=1S/C33H25Cl3N6O6S2/c1-15(2)48-31(44)27-16(3)37-33-41(28(27)21-13-18(34)7-9-24(21)47-4)30(43)26(50-33)12-17-5-10-25(23(11-17)42(45)46)49-32-38-29(39-40-32)20-8-6-19(35)14-22(20)36/h5-15,28H,1-4H3,(H,38,39,40)/b26-12-/t28-/m1/s1. The molecule has 12 nitrogen and oxygen atoms in total. The van der Waals surface area contributed by atoms with Gasteiger partial charge in [0.2, 0.25) is 5.16 Å². The lowest BCUT2D eigenvalue weighted by molar-refractivity contribution is -0.387. The zero-order chi connectivity index (χ0) is 35.9. The van der Waals surface area contributed by atoms with Crippen LogP contribution in [0.2, 0.25) is 15.1 Å². The summed E-state index contributed by atoms with van der Waals surface area (Å²) in [5.41, 5.74) is 1.24. The number of benzene rings is 3. The van der Waals surface area contributed by atoms with Crippen LogP contribution in [0.3, 0.4) is 0 Å². The van der Waals surface area contributed by atoms with Gasteiger partial charge in [-0.3, -0.25) is 24.6 Å². The number of nitro benzene ring substituents is 1. The van der Waals surface area contributed by atoms with Gasteiger partial charge in [0, 0.05) is 27.2 Å². The van der Waals surface area contributed by atoms with Crippen molar-refractivity contribution in [3.05, 3.63) is 122 Å². The molecule has 0 aliphatic carbocycles. The maximum absolute atomic E-state index is 14.1. The number of H-pyrrole nitrogens is 1. The lowest BCUT2D eigenvalue weighted by Crippen LogP contribution is -2.40. The van der Waals surface area contributed by atoms with Crippen LogP contribution in [-0.2, 0) is 9.53 Å². The van der Waals surface area contributed by atoms with Gasteiger partial charge in [-0.05, 0) is 86.6 Å². The van der Waals surface area contributed by atoms with Gasteiger partial charge >= 0.3 is 5.97 Å². The van der Waals surface area contributed by atoms with Crippen LogP contribution < -0.4 is 19.6 Å². The van der Waals surface area contributed by atoms with E-state index in [0.717, 1.165) is 23.1 Å². The fourth-order valence-electron chi connectivity index (χ4n) is 5.27. The number of nitrogens with zero attached hydrogens (tertiary/aromatic N) is 5. The molecular weight excluding hydrogens is 747 g/mol. The minimum absolute atomic E-state index is 0.156. The predicted octanol–water partition coefficient (Wildman–Crippen LogP) is 7.00. The molecule has 6 rings (SSSR count). The number of ether oxygens (including phenoxy) is 2. The molecule has 50 heavy (non-hydrogen) atoms. The summed E-state index contributed by atoms with van der Waals surface area (Å²) in [7, 11) is 1.48. The second-order valence-corrected chi connectivity index (χ2v) is 14.4. The van der Waals surface area contributed by atoms with Crippen LogP contribution >= 0.6 is 57.9 Å². The average Bonchev–Trinajstić information content (AvgIpc) is 3.64. The fraction of sp³-hybridized carbons (Fsp3) is 0.182. The van der Waals surface area contributed by atoms with Crippen molar-refractivity contribution in [3.63, 3.8) is 0 Å². The summed E-state index contributed by atoms with van der Waals surface area (Å²) in [6.07, 6.45) is 1.11. The van der Waals surface area contributed by atoms with E-state index in [1.54, 1.807) is 69.3 Å². The second kappa shape index (κ2) is 14.4. The average molecular weight is 772 g/mol. The number of carbonyl (C=O) groups is 1. The summed E-state index contributed by atoms with van der Waals surface area (Å²) in [5, 5.41) is 20.6. The van der Waals surface area contributed by atoms with Crippen LogP contribution in [0, 0.1) is 10.1 Å². The van der Waals surface area contributed by atoms with Crippen molar-refractivity contribution in [2.75, 3.05) is 7.11 Å². The molecular formula is C33H25Cl3N6O6S2. The van der Waals surface area contributed by atoms with Gasteiger partial charge in [0.15, 0.2) is 10.6 Å². The van der Waals surface area contributed by atoms with Crippen molar-refractivity contribution in [3.8, 4) is 17.1 Å². The zero-order valence-electron chi connectivity index (χ0n) is 26.6. The van der Waals surface area contributed by atoms with Crippen LogP contribution in [0.1, 0.15) is 37.9 Å². The SMILES string of the molecule is COc1ccc(Cl)cc1[C@@H]1C(C(=O)OC(C)C)=C(C)N=c2s/c(=C\c3ccc(Sc4n[nH]c(-c5ccc(Cl)cc5Cl)n4)c([N+](=O)[O-])c3)c(=O)n21. The van der Waals surface area contributed by atoms with Crippen LogP contribution in [-0.4, -0.2) is 43.9 Å². The lowest BCUT2D eigenvalue weighted by Gasteiger charge is -2.26. The van der Waals surface area contributed by atoms with Crippen molar-refractivity contribution in [2.24, 2.45) is 4.99 Å². The maximum Gasteiger partial charge on any atom is 0.338 e. The number of rotatable bonds is 9. The molecule has 0 radical (unpaired) electrons. The monoisotopic (exact) mass is 770 g/mol. The molecule has 1 aliphatic heterocycles. The number of aromatic amines is 1.